The van der Waals surface area contributed by atoms with Crippen molar-refractivity contribution in [2.45, 2.75) is 38.6 Å². The first-order valence-corrected chi connectivity index (χ1v) is 9.29. The Morgan fingerprint density at radius 2 is 1.88 bits per heavy atom. The SMILES string of the molecule is CC1(C)Cc2c([nH]c3ccc(Br)cc23)C(N)(Cc2ccccc2)C1. The molecule has 0 saturated carbocycles. The molecule has 0 saturated heterocycles. The van der Waals surface area contributed by atoms with Crippen LogP contribution in [0.2, 0.25) is 0 Å². The van der Waals surface area contributed by atoms with Crippen LogP contribution >= 0.6 is 15.9 Å². The Hall–Kier alpha value is -1.58. The van der Waals surface area contributed by atoms with Crippen LogP contribution in [0.25, 0.3) is 10.9 Å². The summed E-state index contributed by atoms with van der Waals surface area (Å²) in [5.74, 6) is 0. The highest BCUT2D eigenvalue weighted by molar-refractivity contribution is 9.10. The second-order valence-electron chi connectivity index (χ2n) is 8.00. The molecular formula is C21H23BrN2. The van der Waals surface area contributed by atoms with Crippen LogP contribution in [0.5, 0.6) is 0 Å². The summed E-state index contributed by atoms with van der Waals surface area (Å²) in [6.07, 6.45) is 2.90. The fraction of sp³-hybridized carbons (Fsp3) is 0.333. The van der Waals surface area contributed by atoms with Crippen LogP contribution < -0.4 is 5.73 Å². The Balaban J connectivity index is 1.89. The van der Waals surface area contributed by atoms with E-state index in [1.807, 2.05) is 0 Å². The molecule has 4 rings (SSSR count). The molecule has 0 amide bonds. The average Bonchev–Trinajstić information content (AvgIpc) is 2.86. The Morgan fingerprint density at radius 1 is 1.12 bits per heavy atom. The predicted molar refractivity (Wildman–Crippen MR) is 104 cm³/mol. The minimum Gasteiger partial charge on any atom is -0.357 e. The van der Waals surface area contributed by atoms with Gasteiger partial charge in [0, 0.05) is 21.1 Å². The summed E-state index contributed by atoms with van der Waals surface area (Å²) in [6.45, 7) is 4.67. The number of H-pyrrole nitrogens is 1. The van der Waals surface area contributed by atoms with Crippen LogP contribution in [0.3, 0.4) is 0 Å². The summed E-state index contributed by atoms with van der Waals surface area (Å²) in [5, 5.41) is 1.30. The Morgan fingerprint density at radius 3 is 2.62 bits per heavy atom. The summed E-state index contributed by atoms with van der Waals surface area (Å²) in [4.78, 5) is 3.65. The van der Waals surface area contributed by atoms with E-state index in [0.29, 0.717) is 0 Å². The minimum absolute atomic E-state index is 0.188. The third kappa shape index (κ3) is 2.70. The van der Waals surface area contributed by atoms with Gasteiger partial charge in [-0.15, -0.1) is 0 Å². The van der Waals surface area contributed by atoms with Gasteiger partial charge in [-0.2, -0.15) is 0 Å². The first-order chi connectivity index (χ1) is 11.4. The van der Waals surface area contributed by atoms with E-state index >= 15 is 0 Å². The highest BCUT2D eigenvalue weighted by atomic mass is 79.9. The van der Waals surface area contributed by atoms with Crippen molar-refractivity contribution in [2.75, 3.05) is 0 Å². The van der Waals surface area contributed by atoms with E-state index in [0.717, 1.165) is 23.7 Å². The van der Waals surface area contributed by atoms with Gasteiger partial charge in [0.2, 0.25) is 0 Å². The van der Waals surface area contributed by atoms with Gasteiger partial charge in [-0.25, -0.2) is 0 Å². The van der Waals surface area contributed by atoms with Gasteiger partial charge in [0.05, 0.1) is 5.54 Å². The molecule has 0 bridgehead atoms. The lowest BCUT2D eigenvalue weighted by Gasteiger charge is -2.42. The molecule has 3 heteroatoms. The van der Waals surface area contributed by atoms with Gasteiger partial charge in [0.25, 0.3) is 0 Å². The van der Waals surface area contributed by atoms with Crippen LogP contribution in [-0.2, 0) is 18.4 Å². The van der Waals surface area contributed by atoms with Gasteiger partial charge in [0.15, 0.2) is 0 Å². The van der Waals surface area contributed by atoms with Crippen molar-refractivity contribution in [3.8, 4) is 0 Å². The third-order valence-electron chi connectivity index (χ3n) is 5.18. The van der Waals surface area contributed by atoms with Crippen molar-refractivity contribution in [2.24, 2.45) is 11.1 Å². The molecule has 1 aliphatic rings. The lowest BCUT2D eigenvalue weighted by atomic mass is 9.66. The Bertz CT molecular complexity index is 895. The van der Waals surface area contributed by atoms with Crippen LogP contribution in [0, 0.1) is 5.41 Å². The van der Waals surface area contributed by atoms with E-state index in [1.54, 1.807) is 0 Å². The number of halogens is 1. The molecule has 0 fully saturated rings. The smallest absolute Gasteiger partial charge is 0.0610 e. The van der Waals surface area contributed by atoms with Gasteiger partial charge in [-0.3, -0.25) is 0 Å². The first-order valence-electron chi connectivity index (χ1n) is 8.50. The van der Waals surface area contributed by atoms with Crippen molar-refractivity contribution in [1.29, 1.82) is 0 Å². The van der Waals surface area contributed by atoms with Gasteiger partial charge in [-0.1, -0.05) is 60.1 Å². The number of rotatable bonds is 2. The second-order valence-corrected chi connectivity index (χ2v) is 8.92. The van der Waals surface area contributed by atoms with E-state index in [-0.39, 0.29) is 11.0 Å². The normalized spacial score (nSPS) is 22.5. The monoisotopic (exact) mass is 382 g/mol. The lowest BCUT2D eigenvalue weighted by Crippen LogP contribution is -2.47. The summed E-state index contributed by atoms with van der Waals surface area (Å²) in [6, 6.07) is 17.0. The fourth-order valence-electron chi connectivity index (χ4n) is 4.42. The van der Waals surface area contributed by atoms with E-state index < -0.39 is 0 Å². The number of nitrogens with one attached hydrogen (secondary N) is 1. The summed E-state index contributed by atoms with van der Waals surface area (Å²) >= 11 is 3.61. The second kappa shape index (κ2) is 5.47. The molecule has 3 N–H and O–H groups in total. The number of hydrogen-bond acceptors (Lipinski definition) is 1. The van der Waals surface area contributed by atoms with Crippen molar-refractivity contribution in [1.82, 2.24) is 4.98 Å². The van der Waals surface area contributed by atoms with Crippen LogP contribution in [0.15, 0.2) is 53.0 Å². The van der Waals surface area contributed by atoms with Crippen LogP contribution in [0.4, 0.5) is 0 Å². The molecule has 0 aliphatic heterocycles. The van der Waals surface area contributed by atoms with E-state index in [1.165, 1.54) is 27.7 Å². The average molecular weight is 383 g/mol. The molecule has 124 valence electrons. The minimum atomic E-state index is -0.357. The standard InChI is InChI=1S/C21H23BrN2/c1-20(2)12-17-16-10-15(22)8-9-18(16)24-19(17)21(23,13-20)11-14-6-4-3-5-7-14/h3-10,24H,11-13,23H2,1-2H3. The third-order valence-corrected chi connectivity index (χ3v) is 5.67. The van der Waals surface area contributed by atoms with Crippen molar-refractivity contribution in [3.05, 3.63) is 69.8 Å². The zero-order valence-electron chi connectivity index (χ0n) is 14.2. The maximum atomic E-state index is 7.04. The molecule has 0 radical (unpaired) electrons. The molecule has 1 aliphatic carbocycles. The summed E-state index contributed by atoms with van der Waals surface area (Å²) < 4.78 is 1.12. The molecular weight excluding hydrogens is 360 g/mol. The number of aromatic nitrogens is 1. The summed E-state index contributed by atoms with van der Waals surface area (Å²) in [7, 11) is 0. The van der Waals surface area contributed by atoms with Crippen molar-refractivity contribution < 1.29 is 0 Å². The van der Waals surface area contributed by atoms with Crippen LogP contribution in [0.1, 0.15) is 37.1 Å². The van der Waals surface area contributed by atoms with E-state index in [9.17, 15) is 0 Å². The van der Waals surface area contributed by atoms with Crippen molar-refractivity contribution in [3.63, 3.8) is 0 Å². The number of nitrogens with two attached hydrogens (primary N) is 1. The van der Waals surface area contributed by atoms with Gasteiger partial charge in [0.1, 0.15) is 0 Å². The zero-order valence-corrected chi connectivity index (χ0v) is 15.8. The van der Waals surface area contributed by atoms with Gasteiger partial charge >= 0.3 is 0 Å². The molecule has 1 aromatic heterocycles. The quantitative estimate of drug-likeness (QED) is 0.620. The predicted octanol–water partition coefficient (Wildman–Crippen LogP) is 5.30. The van der Waals surface area contributed by atoms with Crippen molar-refractivity contribution >= 4 is 26.8 Å². The number of benzene rings is 2. The number of hydrogen-bond donors (Lipinski definition) is 2. The maximum Gasteiger partial charge on any atom is 0.0610 e. The molecule has 24 heavy (non-hydrogen) atoms. The maximum absolute atomic E-state index is 7.04. The summed E-state index contributed by atoms with van der Waals surface area (Å²) in [5.41, 5.74) is 12.0. The molecule has 3 aromatic rings. The fourth-order valence-corrected chi connectivity index (χ4v) is 4.78. The van der Waals surface area contributed by atoms with E-state index in [4.69, 9.17) is 5.73 Å². The molecule has 2 nitrogen and oxygen atoms in total. The van der Waals surface area contributed by atoms with Crippen LogP contribution in [-0.4, -0.2) is 4.98 Å². The molecule has 2 aromatic carbocycles. The number of aromatic amines is 1. The van der Waals surface area contributed by atoms with Gasteiger partial charge in [-0.05, 0) is 54.0 Å². The Kier molecular flexibility index (Phi) is 3.63. The lowest BCUT2D eigenvalue weighted by molar-refractivity contribution is 0.204. The topological polar surface area (TPSA) is 41.8 Å². The Labute approximate surface area is 151 Å². The highest BCUT2D eigenvalue weighted by Crippen LogP contribution is 2.47. The molecule has 1 unspecified atom stereocenters. The molecule has 1 heterocycles. The zero-order chi connectivity index (χ0) is 16.9. The molecule has 0 spiro atoms. The number of fused-ring (bicyclic) bond motifs is 3. The largest absolute Gasteiger partial charge is 0.357 e. The molecule has 1 atom stereocenters. The highest BCUT2D eigenvalue weighted by Gasteiger charge is 2.43. The first kappa shape index (κ1) is 15.9. The van der Waals surface area contributed by atoms with E-state index in [2.05, 4.69) is 83.3 Å². The van der Waals surface area contributed by atoms with Gasteiger partial charge < -0.3 is 10.7 Å².